The number of carbonyl (C=O) groups excluding carboxylic acids is 2. The number of rotatable bonds is 41. The molecule has 0 amide bonds. The van der Waals surface area contributed by atoms with E-state index in [2.05, 4.69) is 103 Å². The number of esters is 2. The second-order valence-electron chi connectivity index (χ2n) is 14.7. The molecule has 0 rings (SSSR count). The molecule has 59 heavy (non-hydrogen) atoms. The SMILES string of the molecule is CC/C=C/C/C=C/C/C=C/C/C=C/C/C=C/CCCCCC(=O)OC[C@H](COP(=O)(O)OC[C@@H](O)CO)OC(=O)CCCCCCCCC/C=C/C/C=C/CCCCC. The van der Waals surface area contributed by atoms with E-state index in [9.17, 15) is 24.2 Å². The monoisotopic (exact) mass is 849 g/mol. The molecule has 0 aliphatic carbocycles. The lowest BCUT2D eigenvalue weighted by Gasteiger charge is -2.20. The van der Waals surface area contributed by atoms with Crippen LogP contribution in [-0.4, -0.2) is 65.7 Å². The van der Waals surface area contributed by atoms with E-state index in [4.69, 9.17) is 19.1 Å². The zero-order valence-electron chi connectivity index (χ0n) is 36.7. The van der Waals surface area contributed by atoms with Crippen molar-refractivity contribution in [3.05, 3.63) is 85.1 Å². The number of allylic oxidation sites excluding steroid dienone is 14. The molecular formula is C48H81O10P. The van der Waals surface area contributed by atoms with Crippen LogP contribution >= 0.6 is 7.82 Å². The van der Waals surface area contributed by atoms with Gasteiger partial charge in [0.05, 0.1) is 19.8 Å². The molecule has 0 aromatic rings. The first-order valence-electron chi connectivity index (χ1n) is 22.5. The first kappa shape index (κ1) is 56.1. The van der Waals surface area contributed by atoms with Crippen molar-refractivity contribution in [3.8, 4) is 0 Å². The number of phosphoric acid groups is 1. The molecule has 0 radical (unpaired) electrons. The number of phosphoric ester groups is 1. The summed E-state index contributed by atoms with van der Waals surface area (Å²) in [6, 6.07) is 0. The highest BCUT2D eigenvalue weighted by Crippen LogP contribution is 2.43. The van der Waals surface area contributed by atoms with E-state index < -0.39 is 51.8 Å². The summed E-state index contributed by atoms with van der Waals surface area (Å²) in [4.78, 5) is 35.0. The van der Waals surface area contributed by atoms with Crippen LogP contribution in [0.2, 0.25) is 0 Å². The fourth-order valence-electron chi connectivity index (χ4n) is 5.58. The van der Waals surface area contributed by atoms with E-state index in [0.29, 0.717) is 12.8 Å². The minimum atomic E-state index is -4.63. The number of unbranched alkanes of at least 4 members (excludes halogenated alkanes) is 13. The van der Waals surface area contributed by atoms with Crippen molar-refractivity contribution in [2.45, 2.75) is 180 Å². The maximum absolute atomic E-state index is 12.6. The van der Waals surface area contributed by atoms with E-state index in [1.807, 2.05) is 0 Å². The highest BCUT2D eigenvalue weighted by Gasteiger charge is 2.27. The van der Waals surface area contributed by atoms with Gasteiger partial charge in [0.25, 0.3) is 0 Å². The van der Waals surface area contributed by atoms with E-state index in [1.54, 1.807) is 0 Å². The van der Waals surface area contributed by atoms with E-state index in [1.165, 1.54) is 38.5 Å². The Balaban J connectivity index is 4.37. The smallest absolute Gasteiger partial charge is 0.462 e. The average molecular weight is 849 g/mol. The Morgan fingerprint density at radius 3 is 1.42 bits per heavy atom. The summed E-state index contributed by atoms with van der Waals surface area (Å²) in [5, 5.41) is 18.4. The van der Waals surface area contributed by atoms with Gasteiger partial charge in [-0.3, -0.25) is 18.6 Å². The molecule has 1 unspecified atom stereocenters. The van der Waals surface area contributed by atoms with Crippen LogP contribution in [0.25, 0.3) is 0 Å². The highest BCUT2D eigenvalue weighted by molar-refractivity contribution is 7.47. The Labute approximate surface area is 358 Å². The molecular weight excluding hydrogens is 767 g/mol. The quantitative estimate of drug-likeness (QED) is 0.0235. The first-order chi connectivity index (χ1) is 28.7. The zero-order valence-corrected chi connectivity index (χ0v) is 37.6. The molecule has 0 bridgehead atoms. The lowest BCUT2D eigenvalue weighted by molar-refractivity contribution is -0.161. The van der Waals surface area contributed by atoms with Crippen molar-refractivity contribution in [2.75, 3.05) is 26.4 Å². The molecule has 0 aliphatic rings. The van der Waals surface area contributed by atoms with Crippen LogP contribution in [0.5, 0.6) is 0 Å². The fraction of sp³-hybridized carbons (Fsp3) is 0.667. The molecule has 0 saturated heterocycles. The third-order valence-electron chi connectivity index (χ3n) is 9.03. The Morgan fingerprint density at radius 1 is 0.525 bits per heavy atom. The van der Waals surface area contributed by atoms with Gasteiger partial charge in [-0.25, -0.2) is 4.57 Å². The molecule has 0 fully saturated rings. The van der Waals surface area contributed by atoms with Crippen molar-refractivity contribution in [2.24, 2.45) is 0 Å². The molecule has 3 N–H and O–H groups in total. The van der Waals surface area contributed by atoms with Gasteiger partial charge in [0.15, 0.2) is 6.10 Å². The standard InChI is InChI=1S/C48H81O10P/c1-3-5-7-9-11-13-15-17-19-21-22-24-25-27-29-31-33-35-37-39-47(51)55-43-46(44-57-59(53,54)56-42-45(50)41-49)58-48(52)40-38-36-34-32-30-28-26-23-20-18-16-14-12-10-8-6-4-2/h5,7,11-14,17-20,22,24,27,29,45-46,49-50H,3-4,6,8-10,15-16,21,23,25-26,28,30-44H2,1-2H3,(H,53,54)/b7-5+,13-11+,14-12+,19-17+,20-18+,24-22+,29-27+/t45-,46+/m0/s1. The number of ether oxygens (including phenoxy) is 2. The molecule has 0 aliphatic heterocycles. The van der Waals surface area contributed by atoms with Gasteiger partial charge < -0.3 is 24.6 Å². The van der Waals surface area contributed by atoms with Gasteiger partial charge in [-0.15, -0.1) is 0 Å². The van der Waals surface area contributed by atoms with Crippen molar-refractivity contribution in [1.82, 2.24) is 0 Å². The predicted molar refractivity (Wildman–Crippen MR) is 242 cm³/mol. The first-order valence-corrected chi connectivity index (χ1v) is 24.0. The predicted octanol–water partition coefficient (Wildman–Crippen LogP) is 12.2. The van der Waals surface area contributed by atoms with Crippen LogP contribution in [0.1, 0.15) is 168 Å². The maximum atomic E-state index is 12.6. The number of aliphatic hydroxyl groups is 2. The van der Waals surface area contributed by atoms with Gasteiger partial charge in [0.1, 0.15) is 12.7 Å². The second kappa shape index (κ2) is 43.2. The molecule has 3 atom stereocenters. The number of hydrogen-bond donors (Lipinski definition) is 3. The van der Waals surface area contributed by atoms with Crippen LogP contribution in [-0.2, 0) is 32.7 Å². The molecule has 0 aromatic carbocycles. The van der Waals surface area contributed by atoms with Crippen LogP contribution < -0.4 is 0 Å². The van der Waals surface area contributed by atoms with E-state index >= 15 is 0 Å². The Bertz CT molecular complexity index is 1250. The minimum Gasteiger partial charge on any atom is -0.462 e. The van der Waals surface area contributed by atoms with Crippen molar-refractivity contribution in [1.29, 1.82) is 0 Å². The van der Waals surface area contributed by atoms with Crippen LogP contribution in [0.3, 0.4) is 0 Å². The summed E-state index contributed by atoms with van der Waals surface area (Å²) >= 11 is 0. The van der Waals surface area contributed by atoms with Gasteiger partial charge >= 0.3 is 19.8 Å². The third kappa shape index (κ3) is 43.1. The highest BCUT2D eigenvalue weighted by atomic mass is 31.2. The van der Waals surface area contributed by atoms with Crippen molar-refractivity contribution >= 4 is 19.8 Å². The second-order valence-corrected chi connectivity index (χ2v) is 16.1. The van der Waals surface area contributed by atoms with Crippen LogP contribution in [0, 0.1) is 0 Å². The average Bonchev–Trinajstić information content (AvgIpc) is 3.22. The maximum Gasteiger partial charge on any atom is 0.472 e. The van der Waals surface area contributed by atoms with Crippen LogP contribution in [0.15, 0.2) is 85.1 Å². The molecule has 10 nitrogen and oxygen atoms in total. The molecule has 338 valence electrons. The summed E-state index contributed by atoms with van der Waals surface area (Å²) in [6.07, 6.45) is 51.1. The molecule has 11 heteroatoms. The lowest BCUT2D eigenvalue weighted by Crippen LogP contribution is -2.29. The Kier molecular flexibility index (Phi) is 41.2. The molecule has 0 spiro atoms. The zero-order chi connectivity index (χ0) is 43.3. The summed E-state index contributed by atoms with van der Waals surface area (Å²) in [5.41, 5.74) is 0. The summed E-state index contributed by atoms with van der Waals surface area (Å²) in [6.45, 7) is 2.18. The van der Waals surface area contributed by atoms with E-state index in [-0.39, 0.29) is 19.4 Å². The number of hydrogen-bond acceptors (Lipinski definition) is 9. The topological polar surface area (TPSA) is 149 Å². The fourth-order valence-corrected chi connectivity index (χ4v) is 6.37. The third-order valence-corrected chi connectivity index (χ3v) is 9.98. The minimum absolute atomic E-state index is 0.163. The Morgan fingerprint density at radius 2 is 0.932 bits per heavy atom. The summed E-state index contributed by atoms with van der Waals surface area (Å²) < 4.78 is 32.7. The molecule has 0 saturated carbocycles. The van der Waals surface area contributed by atoms with Gasteiger partial charge in [-0.2, -0.15) is 0 Å². The molecule has 0 aromatic heterocycles. The van der Waals surface area contributed by atoms with Crippen LogP contribution in [0.4, 0.5) is 0 Å². The summed E-state index contributed by atoms with van der Waals surface area (Å²) in [7, 11) is -4.63. The largest absolute Gasteiger partial charge is 0.472 e. The van der Waals surface area contributed by atoms with Crippen molar-refractivity contribution < 1.29 is 47.8 Å². The van der Waals surface area contributed by atoms with Gasteiger partial charge in [0.2, 0.25) is 0 Å². The normalized spacial score (nSPS) is 14.6. The van der Waals surface area contributed by atoms with Crippen molar-refractivity contribution in [3.63, 3.8) is 0 Å². The summed E-state index contributed by atoms with van der Waals surface area (Å²) in [5.74, 6) is -0.978. The number of carbonyl (C=O) groups is 2. The van der Waals surface area contributed by atoms with E-state index in [0.717, 1.165) is 89.9 Å². The lowest BCUT2D eigenvalue weighted by atomic mass is 10.1. The number of aliphatic hydroxyl groups excluding tert-OH is 2. The van der Waals surface area contributed by atoms with Gasteiger partial charge in [0, 0.05) is 12.8 Å². The van der Waals surface area contributed by atoms with Gasteiger partial charge in [-0.1, -0.05) is 150 Å². The Hall–Kier alpha value is -2.85. The van der Waals surface area contributed by atoms with Gasteiger partial charge in [-0.05, 0) is 89.9 Å². The molecule has 0 heterocycles.